The minimum Gasteiger partial charge on any atom is -0.348 e. The van der Waals surface area contributed by atoms with Crippen molar-refractivity contribution in [3.63, 3.8) is 0 Å². The van der Waals surface area contributed by atoms with Crippen molar-refractivity contribution in [2.75, 3.05) is 0 Å². The molecule has 0 spiro atoms. The van der Waals surface area contributed by atoms with Gasteiger partial charge >= 0.3 is 0 Å². The molecule has 2 atom stereocenters. The Hall–Kier alpha value is -1.74. The van der Waals surface area contributed by atoms with Gasteiger partial charge in [0, 0.05) is 22.6 Å². The maximum atomic E-state index is 12.4. The van der Waals surface area contributed by atoms with Crippen molar-refractivity contribution in [2.45, 2.75) is 42.7 Å². The molecule has 1 amide bonds. The van der Waals surface area contributed by atoms with Crippen LogP contribution in [0.5, 0.6) is 0 Å². The summed E-state index contributed by atoms with van der Waals surface area (Å²) < 4.78 is 0. The van der Waals surface area contributed by atoms with E-state index in [9.17, 15) is 4.79 Å². The molecule has 2 nitrogen and oxygen atoms in total. The van der Waals surface area contributed by atoms with Crippen molar-refractivity contribution in [1.29, 1.82) is 0 Å². The Morgan fingerprint density at radius 1 is 0.957 bits per heavy atom. The van der Waals surface area contributed by atoms with E-state index in [1.54, 1.807) is 0 Å². The minimum absolute atomic E-state index is 0.0582. The summed E-state index contributed by atoms with van der Waals surface area (Å²) in [5.41, 5.74) is 2.11. The molecule has 0 bridgehead atoms. The molecular formula is C20H23NOS. The molecule has 0 heterocycles. The van der Waals surface area contributed by atoms with Gasteiger partial charge in [-0.3, -0.25) is 4.79 Å². The van der Waals surface area contributed by atoms with Gasteiger partial charge < -0.3 is 5.32 Å². The van der Waals surface area contributed by atoms with Crippen LogP contribution in [-0.4, -0.2) is 17.2 Å². The molecule has 1 N–H and O–H groups in total. The molecule has 0 aliphatic heterocycles. The Bertz CT molecular complexity index is 614. The molecule has 120 valence electrons. The van der Waals surface area contributed by atoms with E-state index in [1.165, 1.54) is 24.8 Å². The van der Waals surface area contributed by atoms with E-state index >= 15 is 0 Å². The van der Waals surface area contributed by atoms with E-state index in [0.717, 1.165) is 17.7 Å². The molecule has 1 saturated carbocycles. The zero-order valence-electron chi connectivity index (χ0n) is 13.3. The van der Waals surface area contributed by atoms with Crippen molar-refractivity contribution in [2.24, 2.45) is 0 Å². The Labute approximate surface area is 142 Å². The third-order valence-electron chi connectivity index (χ3n) is 4.36. The zero-order chi connectivity index (χ0) is 15.9. The average molecular weight is 325 g/mol. The molecule has 3 rings (SSSR count). The number of amides is 1. The van der Waals surface area contributed by atoms with Crippen molar-refractivity contribution in [3.8, 4) is 0 Å². The second-order valence-corrected chi connectivity index (χ2v) is 7.29. The Balaban J connectivity index is 1.59. The molecule has 23 heavy (non-hydrogen) atoms. The predicted molar refractivity (Wildman–Crippen MR) is 97.7 cm³/mol. The van der Waals surface area contributed by atoms with Crippen LogP contribution in [0.1, 0.15) is 41.6 Å². The van der Waals surface area contributed by atoms with Gasteiger partial charge in [0.15, 0.2) is 0 Å². The molecular weight excluding hydrogens is 302 g/mol. The molecule has 3 heteroatoms. The van der Waals surface area contributed by atoms with Crippen LogP contribution in [0.25, 0.3) is 0 Å². The lowest BCUT2D eigenvalue weighted by Crippen LogP contribution is -2.43. The molecule has 2 aromatic rings. The Kier molecular flexibility index (Phi) is 5.76. The lowest BCUT2D eigenvalue weighted by atomic mass is 9.94. The Morgan fingerprint density at radius 3 is 2.35 bits per heavy atom. The molecule has 1 aliphatic rings. The molecule has 0 aromatic heterocycles. The van der Waals surface area contributed by atoms with Crippen molar-refractivity contribution >= 4 is 17.7 Å². The van der Waals surface area contributed by atoms with Gasteiger partial charge in [-0.1, -0.05) is 61.4 Å². The maximum absolute atomic E-state index is 12.4. The van der Waals surface area contributed by atoms with Gasteiger partial charge in [-0.25, -0.2) is 0 Å². The number of benzene rings is 2. The second kappa shape index (κ2) is 8.21. The van der Waals surface area contributed by atoms with Gasteiger partial charge in [-0.2, -0.15) is 11.8 Å². The molecule has 0 unspecified atom stereocenters. The summed E-state index contributed by atoms with van der Waals surface area (Å²) in [7, 11) is 0. The molecule has 2 aromatic carbocycles. The normalized spacial score (nSPS) is 20.9. The standard InChI is InChI=1S/C20H23NOS/c22-20(17-11-5-2-6-12-17)21-18-13-7-8-14-19(18)23-15-16-9-3-1-4-10-16/h1-6,9-12,18-19H,7-8,13-15H2,(H,21,22)/t18-,19-/m1/s1. The van der Waals surface area contributed by atoms with Crippen LogP contribution in [0.4, 0.5) is 0 Å². The van der Waals surface area contributed by atoms with Crippen LogP contribution < -0.4 is 5.32 Å². The van der Waals surface area contributed by atoms with Crippen molar-refractivity contribution < 1.29 is 4.79 Å². The zero-order valence-corrected chi connectivity index (χ0v) is 14.1. The quantitative estimate of drug-likeness (QED) is 0.866. The fourth-order valence-corrected chi connectivity index (χ4v) is 4.45. The fraction of sp³-hybridized carbons (Fsp3) is 0.350. The van der Waals surface area contributed by atoms with Gasteiger partial charge in [0.05, 0.1) is 0 Å². The Morgan fingerprint density at radius 2 is 1.61 bits per heavy atom. The van der Waals surface area contributed by atoms with E-state index in [2.05, 4.69) is 35.6 Å². The molecule has 1 fully saturated rings. The van der Waals surface area contributed by atoms with Gasteiger partial charge in [-0.15, -0.1) is 0 Å². The number of nitrogens with one attached hydrogen (secondary N) is 1. The summed E-state index contributed by atoms with van der Waals surface area (Å²) in [6.07, 6.45) is 4.76. The van der Waals surface area contributed by atoms with Gasteiger partial charge in [0.25, 0.3) is 5.91 Å². The highest BCUT2D eigenvalue weighted by Gasteiger charge is 2.27. The van der Waals surface area contributed by atoms with E-state index < -0.39 is 0 Å². The third-order valence-corrected chi connectivity index (χ3v) is 5.85. The van der Waals surface area contributed by atoms with Crippen LogP contribution in [0.15, 0.2) is 60.7 Å². The largest absolute Gasteiger partial charge is 0.348 e. The number of hydrogen-bond donors (Lipinski definition) is 1. The molecule has 0 radical (unpaired) electrons. The summed E-state index contributed by atoms with van der Waals surface area (Å²) in [5, 5.41) is 3.77. The molecule has 0 saturated heterocycles. The van der Waals surface area contributed by atoms with Crippen LogP contribution in [0.3, 0.4) is 0 Å². The summed E-state index contributed by atoms with van der Waals surface area (Å²) in [4.78, 5) is 12.4. The summed E-state index contributed by atoms with van der Waals surface area (Å²) in [6.45, 7) is 0. The van der Waals surface area contributed by atoms with Crippen LogP contribution in [-0.2, 0) is 5.75 Å². The summed E-state index contributed by atoms with van der Waals surface area (Å²) in [6, 6.07) is 20.4. The average Bonchev–Trinajstić information content (AvgIpc) is 2.62. The van der Waals surface area contributed by atoms with Gasteiger partial charge in [0.2, 0.25) is 0 Å². The third kappa shape index (κ3) is 4.61. The number of thioether (sulfide) groups is 1. The van der Waals surface area contributed by atoms with Crippen molar-refractivity contribution in [3.05, 3.63) is 71.8 Å². The summed E-state index contributed by atoms with van der Waals surface area (Å²) in [5.74, 6) is 1.08. The van der Waals surface area contributed by atoms with Crippen LogP contribution >= 0.6 is 11.8 Å². The second-order valence-electron chi connectivity index (χ2n) is 6.07. The van der Waals surface area contributed by atoms with Crippen LogP contribution in [0.2, 0.25) is 0 Å². The highest BCUT2D eigenvalue weighted by atomic mass is 32.2. The number of hydrogen-bond acceptors (Lipinski definition) is 2. The smallest absolute Gasteiger partial charge is 0.251 e. The summed E-state index contributed by atoms with van der Waals surface area (Å²) >= 11 is 1.98. The number of rotatable bonds is 5. The lowest BCUT2D eigenvalue weighted by Gasteiger charge is -2.32. The van der Waals surface area contributed by atoms with Crippen LogP contribution in [0, 0.1) is 0 Å². The molecule has 1 aliphatic carbocycles. The first kappa shape index (κ1) is 16.1. The highest BCUT2D eigenvalue weighted by Crippen LogP contribution is 2.31. The number of carbonyl (C=O) groups excluding carboxylic acids is 1. The van der Waals surface area contributed by atoms with E-state index in [0.29, 0.717) is 5.25 Å². The maximum Gasteiger partial charge on any atom is 0.251 e. The van der Waals surface area contributed by atoms with E-state index in [4.69, 9.17) is 0 Å². The monoisotopic (exact) mass is 325 g/mol. The van der Waals surface area contributed by atoms with E-state index in [-0.39, 0.29) is 11.9 Å². The lowest BCUT2D eigenvalue weighted by molar-refractivity contribution is 0.0929. The predicted octanol–water partition coefficient (Wildman–Crippen LogP) is 4.66. The first-order chi connectivity index (χ1) is 11.3. The SMILES string of the molecule is O=C(N[C@@H]1CCCC[C@H]1SCc1ccccc1)c1ccccc1. The first-order valence-electron chi connectivity index (χ1n) is 8.34. The van der Waals surface area contributed by atoms with Gasteiger partial charge in [-0.05, 0) is 30.5 Å². The van der Waals surface area contributed by atoms with E-state index in [1.807, 2.05) is 42.1 Å². The number of carbonyl (C=O) groups is 1. The first-order valence-corrected chi connectivity index (χ1v) is 9.39. The topological polar surface area (TPSA) is 29.1 Å². The minimum atomic E-state index is 0.0582. The highest BCUT2D eigenvalue weighted by molar-refractivity contribution is 7.99. The fourth-order valence-electron chi connectivity index (χ4n) is 3.08. The van der Waals surface area contributed by atoms with Crippen molar-refractivity contribution in [1.82, 2.24) is 5.32 Å². The van der Waals surface area contributed by atoms with Gasteiger partial charge in [0.1, 0.15) is 0 Å².